The molecule has 0 aliphatic heterocycles. The van der Waals surface area contributed by atoms with Gasteiger partial charge < -0.3 is 11.1 Å². The molecule has 0 atom stereocenters. The van der Waals surface area contributed by atoms with E-state index in [4.69, 9.17) is 5.73 Å². The lowest BCUT2D eigenvalue weighted by Gasteiger charge is -2.00. The zero-order valence-corrected chi connectivity index (χ0v) is 8.86. The largest absolute Gasteiger partial charge is 0.369 e. The maximum atomic E-state index is 10.5. The highest BCUT2D eigenvalue weighted by atomic mass is 16.1. The number of amides is 1. The molecule has 3 heteroatoms. The quantitative estimate of drug-likeness (QED) is 0.759. The van der Waals surface area contributed by atoms with Gasteiger partial charge in [0.25, 0.3) is 0 Å². The maximum Gasteiger partial charge on any atom is 0.221 e. The van der Waals surface area contributed by atoms with E-state index in [1.807, 2.05) is 25.3 Å². The van der Waals surface area contributed by atoms with Gasteiger partial charge in [-0.25, -0.2) is 0 Å². The smallest absolute Gasteiger partial charge is 0.221 e. The van der Waals surface area contributed by atoms with Crippen molar-refractivity contribution in [2.45, 2.75) is 13.0 Å². The van der Waals surface area contributed by atoms with Crippen molar-refractivity contribution in [3.8, 4) is 0 Å². The molecule has 0 heterocycles. The van der Waals surface area contributed by atoms with Crippen molar-refractivity contribution in [2.75, 3.05) is 7.05 Å². The first-order chi connectivity index (χ1) is 7.22. The number of rotatable bonds is 5. The molecule has 0 aliphatic rings. The summed E-state index contributed by atoms with van der Waals surface area (Å²) in [5, 5.41) is 3.09. The predicted octanol–water partition coefficient (Wildman–Crippen LogP) is 1.29. The molecule has 3 N–H and O–H groups in total. The van der Waals surface area contributed by atoms with E-state index in [0.29, 0.717) is 0 Å². The summed E-state index contributed by atoms with van der Waals surface area (Å²) in [6, 6.07) is 8.13. The summed E-state index contributed by atoms with van der Waals surface area (Å²) in [7, 11) is 1.91. The van der Waals surface area contributed by atoms with Crippen LogP contribution in [0.1, 0.15) is 17.5 Å². The normalized spacial score (nSPS) is 10.7. The summed E-state index contributed by atoms with van der Waals surface area (Å²) >= 11 is 0. The Labute approximate surface area is 90.0 Å². The summed E-state index contributed by atoms with van der Waals surface area (Å²) in [6.45, 7) is 0.845. The highest BCUT2D eigenvalue weighted by Gasteiger charge is 1.92. The average Bonchev–Trinajstić information content (AvgIpc) is 2.18. The molecule has 1 rings (SSSR count). The van der Waals surface area contributed by atoms with Gasteiger partial charge in [-0.3, -0.25) is 4.79 Å². The fourth-order valence-corrected chi connectivity index (χ4v) is 1.32. The van der Waals surface area contributed by atoms with E-state index in [0.717, 1.165) is 12.1 Å². The Balaban J connectivity index is 2.64. The van der Waals surface area contributed by atoms with Gasteiger partial charge in [0.05, 0.1) is 0 Å². The lowest BCUT2D eigenvalue weighted by Crippen LogP contribution is -2.07. The van der Waals surface area contributed by atoms with Gasteiger partial charge in [-0.1, -0.05) is 36.4 Å². The van der Waals surface area contributed by atoms with Crippen molar-refractivity contribution < 1.29 is 4.79 Å². The van der Waals surface area contributed by atoms with Crippen LogP contribution in [-0.2, 0) is 11.3 Å². The van der Waals surface area contributed by atoms with Gasteiger partial charge >= 0.3 is 0 Å². The van der Waals surface area contributed by atoms with Crippen LogP contribution in [0.15, 0.2) is 30.3 Å². The third kappa shape index (κ3) is 4.42. The van der Waals surface area contributed by atoms with E-state index < -0.39 is 0 Å². The maximum absolute atomic E-state index is 10.5. The second kappa shape index (κ2) is 5.98. The van der Waals surface area contributed by atoms with Gasteiger partial charge in [-0.2, -0.15) is 0 Å². The van der Waals surface area contributed by atoms with Crippen molar-refractivity contribution in [1.82, 2.24) is 5.32 Å². The molecule has 0 fully saturated rings. The molecule has 0 unspecified atom stereocenters. The second-order valence-corrected chi connectivity index (χ2v) is 3.35. The fraction of sp³-hybridized carbons (Fsp3) is 0.250. The number of primary amides is 1. The summed E-state index contributed by atoms with van der Waals surface area (Å²) in [4.78, 5) is 10.5. The number of nitrogens with two attached hydrogens (primary N) is 1. The van der Waals surface area contributed by atoms with Gasteiger partial charge in [-0.05, 0) is 18.2 Å². The van der Waals surface area contributed by atoms with Crippen LogP contribution in [0.3, 0.4) is 0 Å². The van der Waals surface area contributed by atoms with Crippen LogP contribution in [-0.4, -0.2) is 13.0 Å². The Morgan fingerprint density at radius 2 is 2.33 bits per heavy atom. The molecule has 1 aromatic rings. The van der Waals surface area contributed by atoms with Crippen molar-refractivity contribution in [1.29, 1.82) is 0 Å². The molecular formula is C12H16N2O. The number of carbonyl (C=O) groups is 1. The Kier molecular flexibility index (Phi) is 4.57. The van der Waals surface area contributed by atoms with Gasteiger partial charge in [0.2, 0.25) is 5.91 Å². The van der Waals surface area contributed by atoms with Crippen LogP contribution in [0, 0.1) is 0 Å². The van der Waals surface area contributed by atoms with Gasteiger partial charge in [-0.15, -0.1) is 0 Å². The molecule has 0 aromatic heterocycles. The molecule has 0 saturated heterocycles. The standard InChI is InChI=1S/C12H16N2O/c1-14-9-11-6-2-4-10(8-11)5-3-7-12(13)15/h2-6,8,14H,7,9H2,1H3,(H2,13,15). The average molecular weight is 204 g/mol. The van der Waals surface area contributed by atoms with Crippen LogP contribution in [0.25, 0.3) is 6.08 Å². The third-order valence-corrected chi connectivity index (χ3v) is 1.96. The molecule has 1 aromatic carbocycles. The SMILES string of the molecule is CNCc1cccc(C=CCC(N)=O)c1. The molecule has 0 saturated carbocycles. The molecular weight excluding hydrogens is 188 g/mol. The zero-order chi connectivity index (χ0) is 11.1. The topological polar surface area (TPSA) is 55.1 Å². The number of hydrogen-bond acceptors (Lipinski definition) is 2. The van der Waals surface area contributed by atoms with Crippen LogP contribution >= 0.6 is 0 Å². The molecule has 3 nitrogen and oxygen atoms in total. The molecule has 15 heavy (non-hydrogen) atoms. The van der Waals surface area contributed by atoms with Crippen molar-refractivity contribution in [2.24, 2.45) is 5.73 Å². The minimum atomic E-state index is -0.308. The van der Waals surface area contributed by atoms with Gasteiger partial charge in [0.15, 0.2) is 0 Å². The monoisotopic (exact) mass is 204 g/mol. The first kappa shape index (κ1) is 11.5. The van der Waals surface area contributed by atoms with E-state index in [2.05, 4.69) is 17.4 Å². The van der Waals surface area contributed by atoms with Crippen LogP contribution in [0.2, 0.25) is 0 Å². The molecule has 0 aliphatic carbocycles. The first-order valence-electron chi connectivity index (χ1n) is 4.91. The predicted molar refractivity (Wildman–Crippen MR) is 62.1 cm³/mol. The summed E-state index contributed by atoms with van der Waals surface area (Å²) in [5.74, 6) is -0.308. The Bertz CT molecular complexity index is 358. The minimum Gasteiger partial charge on any atom is -0.369 e. The minimum absolute atomic E-state index is 0.288. The van der Waals surface area contributed by atoms with Crippen LogP contribution in [0.5, 0.6) is 0 Å². The molecule has 0 spiro atoms. The molecule has 80 valence electrons. The van der Waals surface area contributed by atoms with Crippen molar-refractivity contribution in [3.05, 3.63) is 41.5 Å². The zero-order valence-electron chi connectivity index (χ0n) is 8.86. The number of hydrogen-bond donors (Lipinski definition) is 2. The van der Waals surface area contributed by atoms with E-state index >= 15 is 0 Å². The van der Waals surface area contributed by atoms with Gasteiger partial charge in [0.1, 0.15) is 0 Å². The first-order valence-corrected chi connectivity index (χ1v) is 4.91. The molecule has 0 radical (unpaired) electrons. The van der Waals surface area contributed by atoms with Crippen LogP contribution < -0.4 is 11.1 Å². The number of nitrogens with one attached hydrogen (secondary N) is 1. The van der Waals surface area contributed by atoms with E-state index in [-0.39, 0.29) is 12.3 Å². The summed E-state index contributed by atoms with van der Waals surface area (Å²) < 4.78 is 0. The lowest BCUT2D eigenvalue weighted by atomic mass is 10.1. The Morgan fingerprint density at radius 3 is 3.00 bits per heavy atom. The number of carbonyl (C=O) groups excluding carboxylic acids is 1. The Morgan fingerprint density at radius 1 is 1.53 bits per heavy atom. The summed E-state index contributed by atoms with van der Waals surface area (Å²) in [5.41, 5.74) is 7.34. The van der Waals surface area contributed by atoms with Crippen LogP contribution in [0.4, 0.5) is 0 Å². The fourth-order valence-electron chi connectivity index (χ4n) is 1.32. The lowest BCUT2D eigenvalue weighted by molar-refractivity contribution is -0.117. The van der Waals surface area contributed by atoms with Crippen molar-refractivity contribution >= 4 is 12.0 Å². The number of benzene rings is 1. The van der Waals surface area contributed by atoms with E-state index in [1.54, 1.807) is 6.08 Å². The highest BCUT2D eigenvalue weighted by molar-refractivity contribution is 5.76. The highest BCUT2D eigenvalue weighted by Crippen LogP contribution is 2.07. The Hall–Kier alpha value is -1.61. The van der Waals surface area contributed by atoms with Crippen molar-refractivity contribution in [3.63, 3.8) is 0 Å². The second-order valence-electron chi connectivity index (χ2n) is 3.35. The third-order valence-electron chi connectivity index (χ3n) is 1.96. The van der Waals surface area contributed by atoms with E-state index in [1.165, 1.54) is 5.56 Å². The molecule has 1 amide bonds. The van der Waals surface area contributed by atoms with E-state index in [9.17, 15) is 4.79 Å². The summed E-state index contributed by atoms with van der Waals surface area (Å²) in [6.07, 6.45) is 3.97. The van der Waals surface area contributed by atoms with Gasteiger partial charge in [0, 0.05) is 13.0 Å². The molecule has 0 bridgehead atoms.